The lowest BCUT2D eigenvalue weighted by molar-refractivity contribution is -0.211. The third-order valence-corrected chi connectivity index (χ3v) is 6.53. The molecule has 0 aromatic rings. The Hall–Kier alpha value is -1.53. The highest BCUT2D eigenvalue weighted by Crippen LogP contribution is 2.48. The van der Waals surface area contributed by atoms with Crippen LogP contribution in [-0.2, 0) is 14.2 Å². The second-order valence-electron chi connectivity index (χ2n) is 11.2. The summed E-state index contributed by atoms with van der Waals surface area (Å²) in [5.41, 5.74) is -0.432. The molecule has 0 aromatic heterocycles. The highest BCUT2D eigenvalue weighted by molar-refractivity contribution is 5.69. The first-order valence-electron chi connectivity index (χ1n) is 11.7. The molecule has 2 fully saturated rings. The van der Waals surface area contributed by atoms with Crippen LogP contribution in [-0.4, -0.2) is 52.3 Å². The molecular weight excluding hydrogens is 394 g/mol. The molecule has 0 unspecified atom stereocenters. The topological polar surface area (TPSA) is 68.2 Å². The summed E-state index contributed by atoms with van der Waals surface area (Å²) in [5.74, 6) is 1.63. The van der Waals surface area contributed by atoms with Crippen LogP contribution in [0.4, 0.5) is 4.79 Å². The Morgan fingerprint density at radius 3 is 2.61 bits per heavy atom. The zero-order valence-corrected chi connectivity index (χ0v) is 20.3. The lowest BCUT2D eigenvalue weighted by Crippen LogP contribution is -2.61. The van der Waals surface area contributed by atoms with Crippen molar-refractivity contribution in [2.45, 2.75) is 104 Å². The quantitative estimate of drug-likeness (QED) is 0.631. The molecule has 0 saturated carbocycles. The van der Waals surface area contributed by atoms with E-state index >= 15 is 0 Å². The summed E-state index contributed by atoms with van der Waals surface area (Å²) >= 11 is 0. The van der Waals surface area contributed by atoms with Crippen LogP contribution in [0.25, 0.3) is 0 Å². The van der Waals surface area contributed by atoms with Gasteiger partial charge in [-0.2, -0.15) is 0 Å². The SMILES string of the molecule is C=C(C)CC1=C[C@H](C)C[C@@H]([C@H]2O[C@]3(C[C@@H]2O)[C@H](C)C[C@H](C)CN3C(=O)OC(C)(C)C)O1. The Morgan fingerprint density at radius 1 is 1.32 bits per heavy atom. The van der Waals surface area contributed by atoms with Gasteiger partial charge in [-0.3, -0.25) is 4.90 Å². The van der Waals surface area contributed by atoms with Crippen molar-refractivity contribution in [3.8, 4) is 0 Å². The van der Waals surface area contributed by atoms with Crippen molar-refractivity contribution in [1.82, 2.24) is 4.90 Å². The molecule has 6 heteroatoms. The molecule has 0 bridgehead atoms. The molecule has 0 aliphatic carbocycles. The highest BCUT2D eigenvalue weighted by atomic mass is 16.6. The average molecular weight is 436 g/mol. The molecule has 6 nitrogen and oxygen atoms in total. The zero-order valence-electron chi connectivity index (χ0n) is 20.3. The van der Waals surface area contributed by atoms with Gasteiger partial charge in [-0.05, 0) is 58.4 Å². The number of amides is 1. The second-order valence-corrected chi connectivity index (χ2v) is 11.2. The Bertz CT molecular complexity index is 726. The van der Waals surface area contributed by atoms with Gasteiger partial charge in [0.1, 0.15) is 17.8 Å². The average Bonchev–Trinajstić information content (AvgIpc) is 2.94. The van der Waals surface area contributed by atoms with Crippen LogP contribution in [0, 0.1) is 17.8 Å². The number of allylic oxidation sites excluding steroid dienone is 2. The molecule has 2 saturated heterocycles. The summed E-state index contributed by atoms with van der Waals surface area (Å²) in [6.45, 7) is 18.6. The van der Waals surface area contributed by atoms with Gasteiger partial charge in [-0.15, -0.1) is 0 Å². The van der Waals surface area contributed by atoms with E-state index in [1.807, 2.05) is 27.7 Å². The molecule has 3 aliphatic heterocycles. The minimum atomic E-state index is -0.874. The van der Waals surface area contributed by atoms with Gasteiger partial charge in [0.25, 0.3) is 0 Å². The molecule has 3 aliphatic rings. The number of aliphatic hydroxyl groups is 1. The van der Waals surface area contributed by atoms with Crippen molar-refractivity contribution >= 4 is 6.09 Å². The lowest BCUT2D eigenvalue weighted by Gasteiger charge is -2.50. The predicted octanol–water partition coefficient (Wildman–Crippen LogP) is 5.02. The number of carbonyl (C=O) groups is 1. The van der Waals surface area contributed by atoms with Crippen molar-refractivity contribution in [1.29, 1.82) is 0 Å². The van der Waals surface area contributed by atoms with Gasteiger partial charge in [0, 0.05) is 25.3 Å². The zero-order chi connectivity index (χ0) is 23.1. The van der Waals surface area contributed by atoms with E-state index in [0.717, 1.165) is 24.2 Å². The number of rotatable bonds is 3. The number of hydrogen-bond acceptors (Lipinski definition) is 5. The van der Waals surface area contributed by atoms with Gasteiger partial charge < -0.3 is 19.3 Å². The van der Waals surface area contributed by atoms with Gasteiger partial charge in [0.15, 0.2) is 5.72 Å². The maximum atomic E-state index is 13.2. The molecule has 1 spiro atoms. The Labute approximate surface area is 187 Å². The van der Waals surface area contributed by atoms with Crippen molar-refractivity contribution in [2.75, 3.05) is 6.54 Å². The number of hydrogen-bond donors (Lipinski definition) is 1. The standard InChI is InChI=1S/C25H41NO5/c1-15(2)9-19-11-16(3)12-21(29-19)22-20(27)13-25(30-22)18(5)10-17(4)14-26(25)23(28)31-24(6,7)8/h11,16-18,20-22,27H,1,9-10,12-14H2,2-8H3/t16-,17-,18+,20-,21-,22-,25+/m0/s1. The van der Waals surface area contributed by atoms with Crippen molar-refractivity contribution in [3.05, 3.63) is 24.0 Å². The summed E-state index contributed by atoms with van der Waals surface area (Å²) in [6, 6.07) is 0. The fourth-order valence-corrected chi connectivity index (χ4v) is 5.37. The van der Waals surface area contributed by atoms with Crippen LogP contribution in [0.1, 0.15) is 74.1 Å². The van der Waals surface area contributed by atoms with E-state index in [4.69, 9.17) is 14.2 Å². The first-order valence-corrected chi connectivity index (χ1v) is 11.7. The first kappa shape index (κ1) is 24.1. The van der Waals surface area contributed by atoms with Crippen LogP contribution in [0.2, 0.25) is 0 Å². The smallest absolute Gasteiger partial charge is 0.412 e. The molecule has 0 aromatic carbocycles. The third-order valence-electron chi connectivity index (χ3n) is 6.53. The predicted molar refractivity (Wildman–Crippen MR) is 120 cm³/mol. The van der Waals surface area contributed by atoms with E-state index < -0.39 is 23.5 Å². The Balaban J connectivity index is 1.84. The third kappa shape index (κ3) is 5.28. The second kappa shape index (κ2) is 8.78. The van der Waals surface area contributed by atoms with E-state index in [0.29, 0.717) is 31.2 Å². The lowest BCUT2D eigenvalue weighted by atomic mass is 9.80. The van der Waals surface area contributed by atoms with E-state index in [2.05, 4.69) is 33.4 Å². The normalized spacial score (nSPS) is 38.6. The molecule has 31 heavy (non-hydrogen) atoms. The first-order chi connectivity index (χ1) is 14.3. The molecule has 7 atom stereocenters. The van der Waals surface area contributed by atoms with Gasteiger partial charge >= 0.3 is 6.09 Å². The fourth-order valence-electron chi connectivity index (χ4n) is 5.37. The molecule has 1 amide bonds. The highest BCUT2D eigenvalue weighted by Gasteiger charge is 2.59. The number of ether oxygens (including phenoxy) is 3. The Morgan fingerprint density at radius 2 is 2.00 bits per heavy atom. The molecule has 3 heterocycles. The van der Waals surface area contributed by atoms with Crippen LogP contribution < -0.4 is 0 Å². The summed E-state index contributed by atoms with van der Waals surface area (Å²) < 4.78 is 18.7. The van der Waals surface area contributed by atoms with Crippen molar-refractivity contribution in [2.24, 2.45) is 17.8 Å². The van der Waals surface area contributed by atoms with Crippen LogP contribution >= 0.6 is 0 Å². The van der Waals surface area contributed by atoms with Crippen LogP contribution in [0.15, 0.2) is 24.0 Å². The molecular formula is C25H41NO5. The van der Waals surface area contributed by atoms with Crippen molar-refractivity contribution in [3.63, 3.8) is 0 Å². The van der Waals surface area contributed by atoms with E-state index in [1.165, 1.54) is 0 Å². The number of piperidine rings is 1. The molecule has 3 rings (SSSR count). The maximum absolute atomic E-state index is 13.2. The minimum Gasteiger partial charge on any atom is -0.492 e. The van der Waals surface area contributed by atoms with Gasteiger partial charge in [0.05, 0.1) is 11.9 Å². The minimum absolute atomic E-state index is 0.0786. The molecule has 0 radical (unpaired) electrons. The maximum Gasteiger partial charge on any atom is 0.412 e. The van der Waals surface area contributed by atoms with Crippen LogP contribution in [0.3, 0.4) is 0 Å². The molecule has 1 N–H and O–H groups in total. The van der Waals surface area contributed by atoms with Crippen molar-refractivity contribution < 1.29 is 24.1 Å². The van der Waals surface area contributed by atoms with Gasteiger partial charge in [-0.1, -0.05) is 32.9 Å². The van der Waals surface area contributed by atoms with Gasteiger partial charge in [0.2, 0.25) is 0 Å². The summed E-state index contributed by atoms with van der Waals surface area (Å²) in [4.78, 5) is 14.9. The van der Waals surface area contributed by atoms with E-state index in [9.17, 15) is 9.90 Å². The fraction of sp³-hybridized carbons (Fsp3) is 0.800. The number of nitrogens with zero attached hydrogens (tertiary/aromatic N) is 1. The summed E-state index contributed by atoms with van der Waals surface area (Å²) in [5, 5.41) is 11.1. The monoisotopic (exact) mass is 435 g/mol. The number of likely N-dealkylation sites (tertiary alicyclic amines) is 1. The Kier molecular flexibility index (Phi) is 6.83. The van der Waals surface area contributed by atoms with Gasteiger partial charge in [-0.25, -0.2) is 4.79 Å². The van der Waals surface area contributed by atoms with Crippen LogP contribution in [0.5, 0.6) is 0 Å². The largest absolute Gasteiger partial charge is 0.492 e. The van der Waals surface area contributed by atoms with E-state index in [1.54, 1.807) is 4.90 Å². The summed E-state index contributed by atoms with van der Waals surface area (Å²) in [6.07, 6.45) is 3.08. The number of aliphatic hydroxyl groups excluding tert-OH is 1. The molecule has 176 valence electrons. The van der Waals surface area contributed by atoms with E-state index in [-0.39, 0.29) is 18.1 Å². The summed E-state index contributed by atoms with van der Waals surface area (Å²) in [7, 11) is 0. The number of carbonyl (C=O) groups excluding carboxylic acids is 1.